The van der Waals surface area contributed by atoms with Crippen molar-refractivity contribution in [3.05, 3.63) is 45.1 Å². The maximum atomic E-state index is 13.8. The molecule has 1 spiro atoms. The Hall–Kier alpha value is -0.873. The van der Waals surface area contributed by atoms with E-state index in [0.29, 0.717) is 28.3 Å². The molecule has 2 aliphatic carbocycles. The van der Waals surface area contributed by atoms with E-state index in [1.807, 2.05) is 0 Å². The molecule has 3 rings (SSSR count). The van der Waals surface area contributed by atoms with E-state index in [0.717, 1.165) is 28.6 Å². The van der Waals surface area contributed by atoms with Crippen LogP contribution in [0.5, 0.6) is 0 Å². The van der Waals surface area contributed by atoms with E-state index < -0.39 is 13.7 Å². The average molecular weight is 492 g/mol. The summed E-state index contributed by atoms with van der Waals surface area (Å²) < 4.78 is 8.35. The molecule has 1 aromatic rings. The molecule has 0 heterocycles. The predicted molar refractivity (Wildman–Crippen MR) is 132 cm³/mol. The van der Waals surface area contributed by atoms with E-state index in [2.05, 4.69) is 96.4 Å². The van der Waals surface area contributed by atoms with Crippen LogP contribution in [0.1, 0.15) is 92.2 Å². The number of Topliss-reactive ketones (excluding diaryl/α,β-unsaturated/α-hetero) is 1. The predicted octanol–water partition coefficient (Wildman–Crippen LogP) is 8.27. The fraction of sp³-hybridized carbons (Fsp3) is 0.654. The van der Waals surface area contributed by atoms with Crippen LogP contribution in [0.4, 0.5) is 0 Å². The molecule has 0 saturated heterocycles. The highest BCUT2D eigenvalue weighted by Gasteiger charge is 2.61. The van der Waals surface area contributed by atoms with Crippen molar-refractivity contribution >= 4 is 30.0 Å². The van der Waals surface area contributed by atoms with Crippen LogP contribution in [0.3, 0.4) is 0 Å². The maximum absolute atomic E-state index is 13.8. The zero-order valence-corrected chi connectivity index (χ0v) is 22.8. The lowest BCUT2D eigenvalue weighted by molar-refractivity contribution is -0.125. The van der Waals surface area contributed by atoms with Crippen molar-refractivity contribution in [2.45, 2.75) is 103 Å². The van der Waals surface area contributed by atoms with Crippen LogP contribution in [0, 0.1) is 5.92 Å². The van der Waals surface area contributed by atoms with Gasteiger partial charge in [0.1, 0.15) is 11.2 Å². The molecule has 0 amide bonds. The summed E-state index contributed by atoms with van der Waals surface area (Å²) in [6, 6.07) is 6.51. The quantitative estimate of drug-likeness (QED) is 0.374. The Morgan fingerprint density at radius 2 is 1.60 bits per heavy atom. The summed E-state index contributed by atoms with van der Waals surface area (Å²) in [5.41, 5.74) is 4.30. The minimum absolute atomic E-state index is 0.186. The Morgan fingerprint density at radius 1 is 1.03 bits per heavy atom. The summed E-state index contributed by atoms with van der Waals surface area (Å²) in [7, 11) is -2.16. The highest BCUT2D eigenvalue weighted by Crippen LogP contribution is 2.59. The molecule has 0 radical (unpaired) electrons. The van der Waals surface area contributed by atoms with Crippen molar-refractivity contribution in [3.63, 3.8) is 0 Å². The van der Waals surface area contributed by atoms with Crippen LogP contribution < -0.4 is 0 Å². The minimum atomic E-state index is -2.16. The van der Waals surface area contributed by atoms with E-state index in [1.54, 1.807) is 0 Å². The second kappa shape index (κ2) is 8.24. The first kappa shape index (κ1) is 23.8. The van der Waals surface area contributed by atoms with E-state index >= 15 is 0 Å². The Balaban J connectivity index is 2.25. The van der Waals surface area contributed by atoms with Gasteiger partial charge in [-0.2, -0.15) is 0 Å². The van der Waals surface area contributed by atoms with Crippen molar-refractivity contribution in [1.82, 2.24) is 0 Å². The molecule has 1 aromatic carbocycles. The molecule has 0 aliphatic heterocycles. The Kier molecular flexibility index (Phi) is 6.53. The molecule has 0 bridgehead atoms. The van der Waals surface area contributed by atoms with Crippen molar-refractivity contribution in [2.24, 2.45) is 5.92 Å². The molecular formula is C26H39BrO2Si. The van der Waals surface area contributed by atoms with Crippen molar-refractivity contribution in [3.8, 4) is 0 Å². The van der Waals surface area contributed by atoms with E-state index in [1.165, 1.54) is 11.1 Å². The lowest BCUT2D eigenvalue weighted by Crippen LogP contribution is -2.58. The standard InChI is InChI=1S/C26H39BrO2Si/c1-15(2)23-24(28)26(13-12-19(9)21-11-10-20(27)14-22(21)26)25(23)29-30(16(3)4,17(5)6)18(7)8/h10-11,14-19H,12-13H2,1-9H3. The number of rotatable bonds is 6. The summed E-state index contributed by atoms with van der Waals surface area (Å²) in [6.07, 6.45) is 1.89. The highest BCUT2D eigenvalue weighted by molar-refractivity contribution is 9.10. The summed E-state index contributed by atoms with van der Waals surface area (Å²) in [5.74, 6) is 1.99. The normalized spacial score (nSPS) is 24.3. The maximum Gasteiger partial charge on any atom is 0.258 e. The first-order chi connectivity index (χ1) is 13.9. The number of ketones is 1. The first-order valence-corrected chi connectivity index (χ1v) is 14.6. The zero-order valence-electron chi connectivity index (χ0n) is 20.2. The lowest BCUT2D eigenvalue weighted by Gasteiger charge is -2.54. The van der Waals surface area contributed by atoms with Gasteiger partial charge in [-0.3, -0.25) is 4.79 Å². The van der Waals surface area contributed by atoms with Crippen LogP contribution >= 0.6 is 15.9 Å². The van der Waals surface area contributed by atoms with Crippen LogP contribution in [0.15, 0.2) is 34.0 Å². The lowest BCUT2D eigenvalue weighted by atomic mass is 9.55. The molecule has 2 nitrogen and oxygen atoms in total. The van der Waals surface area contributed by atoms with Gasteiger partial charge >= 0.3 is 0 Å². The molecule has 0 N–H and O–H groups in total. The smallest absolute Gasteiger partial charge is 0.258 e. The summed E-state index contributed by atoms with van der Waals surface area (Å²) in [5, 5.41) is 0. The fourth-order valence-corrected chi connectivity index (χ4v) is 12.0. The van der Waals surface area contributed by atoms with Gasteiger partial charge in [0.05, 0.1) is 0 Å². The molecular weight excluding hydrogens is 452 g/mol. The summed E-state index contributed by atoms with van der Waals surface area (Å²) >= 11 is 3.67. The van der Waals surface area contributed by atoms with E-state index in [-0.39, 0.29) is 5.92 Å². The molecule has 166 valence electrons. The number of fused-ring (bicyclic) bond motifs is 2. The topological polar surface area (TPSA) is 26.3 Å². The molecule has 0 saturated carbocycles. The Bertz CT molecular complexity index is 846. The molecule has 2 unspecified atom stereocenters. The molecule has 4 heteroatoms. The number of carbonyl (C=O) groups excluding carboxylic acids is 1. The first-order valence-electron chi connectivity index (χ1n) is 11.7. The number of hydrogen-bond donors (Lipinski definition) is 0. The third kappa shape index (κ3) is 3.28. The van der Waals surface area contributed by atoms with Gasteiger partial charge in [-0.05, 0) is 64.6 Å². The molecule has 0 fully saturated rings. The number of benzene rings is 1. The molecule has 2 atom stereocenters. The number of carbonyl (C=O) groups is 1. The van der Waals surface area contributed by atoms with Gasteiger partial charge in [0.2, 0.25) is 0 Å². The second-order valence-corrected chi connectivity index (χ2v) is 17.0. The fourth-order valence-electron chi connectivity index (χ4n) is 6.32. The zero-order chi connectivity index (χ0) is 22.6. The van der Waals surface area contributed by atoms with Gasteiger partial charge in [0, 0.05) is 10.0 Å². The van der Waals surface area contributed by atoms with Crippen molar-refractivity contribution in [2.75, 3.05) is 0 Å². The summed E-state index contributed by atoms with van der Waals surface area (Å²) in [6.45, 7) is 20.5. The van der Waals surface area contributed by atoms with Gasteiger partial charge in [0.25, 0.3) is 8.32 Å². The van der Waals surface area contributed by atoms with Crippen molar-refractivity contribution < 1.29 is 9.22 Å². The van der Waals surface area contributed by atoms with E-state index in [4.69, 9.17) is 4.43 Å². The van der Waals surface area contributed by atoms with Gasteiger partial charge < -0.3 is 4.43 Å². The third-order valence-electron chi connectivity index (χ3n) is 7.79. The van der Waals surface area contributed by atoms with Gasteiger partial charge in [-0.25, -0.2) is 0 Å². The largest absolute Gasteiger partial charge is 0.544 e. The SMILES string of the molecule is CC(C)C1=C(O[Si](C(C)C)(C(C)C)C(C)C)C2(CCC(C)c3ccc(Br)cc32)C1=O. The van der Waals surface area contributed by atoms with Crippen LogP contribution in [0.25, 0.3) is 0 Å². The van der Waals surface area contributed by atoms with Crippen molar-refractivity contribution in [1.29, 1.82) is 0 Å². The van der Waals surface area contributed by atoms with E-state index in [9.17, 15) is 4.79 Å². The second-order valence-electron chi connectivity index (χ2n) is 10.7. The minimum Gasteiger partial charge on any atom is -0.544 e. The molecule has 30 heavy (non-hydrogen) atoms. The average Bonchev–Trinajstić information content (AvgIpc) is 2.63. The highest BCUT2D eigenvalue weighted by atomic mass is 79.9. The van der Waals surface area contributed by atoms with Gasteiger partial charge in [0.15, 0.2) is 5.78 Å². The number of hydrogen-bond acceptors (Lipinski definition) is 2. The monoisotopic (exact) mass is 490 g/mol. The van der Waals surface area contributed by atoms with Crippen LogP contribution in [-0.2, 0) is 14.6 Å². The van der Waals surface area contributed by atoms with Crippen LogP contribution in [0.2, 0.25) is 16.6 Å². The number of halogens is 1. The Labute approximate surface area is 193 Å². The van der Waals surface area contributed by atoms with Gasteiger partial charge in [-0.1, -0.05) is 84.3 Å². The molecule has 0 aromatic heterocycles. The molecule has 2 aliphatic rings. The van der Waals surface area contributed by atoms with Crippen LogP contribution in [-0.4, -0.2) is 14.1 Å². The number of allylic oxidation sites excluding steroid dienone is 2. The third-order valence-corrected chi connectivity index (χ3v) is 14.3. The van der Waals surface area contributed by atoms with Gasteiger partial charge in [-0.15, -0.1) is 0 Å². The summed E-state index contributed by atoms with van der Waals surface area (Å²) in [4.78, 5) is 13.8. The Morgan fingerprint density at radius 3 is 2.10 bits per heavy atom.